The van der Waals surface area contributed by atoms with Crippen LogP contribution in [0, 0.1) is 3.57 Å². The highest BCUT2D eigenvalue weighted by atomic mass is 127. The maximum absolute atomic E-state index is 11.4. The van der Waals surface area contributed by atoms with Crippen molar-refractivity contribution in [2.45, 2.75) is 13.0 Å². The van der Waals surface area contributed by atoms with Gasteiger partial charge in [-0.3, -0.25) is 4.79 Å². The molecule has 3 nitrogen and oxygen atoms in total. The van der Waals surface area contributed by atoms with Crippen LogP contribution in [0.15, 0.2) is 24.3 Å². The van der Waals surface area contributed by atoms with Crippen LogP contribution >= 0.6 is 22.6 Å². The molecule has 0 saturated carbocycles. The Hall–Kier alpha value is -0.620. The highest BCUT2D eigenvalue weighted by molar-refractivity contribution is 14.1. The fourth-order valence-corrected chi connectivity index (χ4v) is 1.30. The van der Waals surface area contributed by atoms with E-state index in [0.717, 1.165) is 3.57 Å². The number of carbonyl (C=O) groups excluding carboxylic acids is 1. The number of rotatable bonds is 3. The third kappa shape index (κ3) is 3.63. The fraction of sp³-hybridized carbons (Fsp3) is 0.300. The number of aliphatic hydroxyl groups is 1. The van der Waals surface area contributed by atoms with Gasteiger partial charge in [0.2, 0.25) is 0 Å². The van der Waals surface area contributed by atoms with Crippen molar-refractivity contribution in [2.24, 2.45) is 0 Å². The molecule has 76 valence electrons. The Kier molecular flexibility index (Phi) is 4.34. The minimum Gasteiger partial charge on any atom is -0.392 e. The van der Waals surface area contributed by atoms with Gasteiger partial charge in [0.15, 0.2) is 0 Å². The molecule has 1 rings (SSSR count). The molecule has 1 amide bonds. The molecule has 14 heavy (non-hydrogen) atoms. The summed E-state index contributed by atoms with van der Waals surface area (Å²) in [6.07, 6.45) is -0.511. The topological polar surface area (TPSA) is 49.3 Å². The zero-order valence-electron chi connectivity index (χ0n) is 7.83. The molecule has 1 aromatic rings. The highest BCUT2D eigenvalue weighted by Crippen LogP contribution is 2.06. The van der Waals surface area contributed by atoms with E-state index in [1.54, 1.807) is 19.1 Å². The fourth-order valence-electron chi connectivity index (χ4n) is 0.944. The van der Waals surface area contributed by atoms with Gasteiger partial charge in [-0.15, -0.1) is 0 Å². The van der Waals surface area contributed by atoms with Crippen molar-refractivity contribution in [1.29, 1.82) is 0 Å². The quantitative estimate of drug-likeness (QED) is 0.830. The second kappa shape index (κ2) is 5.31. The van der Waals surface area contributed by atoms with Crippen LogP contribution in [-0.4, -0.2) is 23.7 Å². The van der Waals surface area contributed by atoms with E-state index >= 15 is 0 Å². The molecule has 0 saturated heterocycles. The van der Waals surface area contributed by atoms with Crippen LogP contribution < -0.4 is 5.32 Å². The molecular formula is C10H12INO2. The largest absolute Gasteiger partial charge is 0.392 e. The first-order valence-electron chi connectivity index (χ1n) is 4.31. The molecule has 1 unspecified atom stereocenters. The van der Waals surface area contributed by atoms with Gasteiger partial charge >= 0.3 is 0 Å². The number of hydrogen-bond acceptors (Lipinski definition) is 2. The molecule has 0 aliphatic rings. The monoisotopic (exact) mass is 305 g/mol. The third-order valence-corrected chi connectivity index (χ3v) is 2.38. The lowest BCUT2D eigenvalue weighted by atomic mass is 10.2. The van der Waals surface area contributed by atoms with Gasteiger partial charge in [0, 0.05) is 15.7 Å². The normalized spacial score (nSPS) is 12.2. The van der Waals surface area contributed by atoms with E-state index in [-0.39, 0.29) is 12.5 Å². The molecule has 2 N–H and O–H groups in total. The number of nitrogens with one attached hydrogen (secondary N) is 1. The Balaban J connectivity index is 2.57. The van der Waals surface area contributed by atoms with Crippen molar-refractivity contribution in [1.82, 2.24) is 5.32 Å². The van der Waals surface area contributed by atoms with E-state index in [0.29, 0.717) is 5.56 Å². The van der Waals surface area contributed by atoms with Crippen LogP contribution in [0.1, 0.15) is 17.3 Å². The smallest absolute Gasteiger partial charge is 0.251 e. The van der Waals surface area contributed by atoms with Crippen LogP contribution in [0.25, 0.3) is 0 Å². The van der Waals surface area contributed by atoms with Gasteiger partial charge in [-0.25, -0.2) is 0 Å². The maximum Gasteiger partial charge on any atom is 0.251 e. The average molecular weight is 305 g/mol. The lowest BCUT2D eigenvalue weighted by Crippen LogP contribution is -2.30. The average Bonchev–Trinajstić information content (AvgIpc) is 2.15. The lowest BCUT2D eigenvalue weighted by molar-refractivity contribution is 0.0924. The zero-order chi connectivity index (χ0) is 10.6. The second-order valence-electron chi connectivity index (χ2n) is 3.07. The number of aliphatic hydroxyl groups excluding tert-OH is 1. The highest BCUT2D eigenvalue weighted by Gasteiger charge is 2.05. The van der Waals surface area contributed by atoms with Gasteiger partial charge < -0.3 is 10.4 Å². The Morgan fingerprint density at radius 2 is 2.07 bits per heavy atom. The molecule has 0 radical (unpaired) electrons. The Labute approximate surface area is 96.7 Å². The Bertz CT molecular complexity index is 308. The van der Waals surface area contributed by atoms with Crippen LogP contribution in [0.2, 0.25) is 0 Å². The van der Waals surface area contributed by atoms with Crippen molar-refractivity contribution in [2.75, 3.05) is 6.54 Å². The number of amides is 1. The molecule has 0 aliphatic carbocycles. The van der Waals surface area contributed by atoms with Gasteiger partial charge in [-0.1, -0.05) is 0 Å². The van der Waals surface area contributed by atoms with E-state index in [2.05, 4.69) is 27.9 Å². The molecule has 0 bridgehead atoms. The van der Waals surface area contributed by atoms with Gasteiger partial charge in [-0.05, 0) is 53.8 Å². The Morgan fingerprint density at radius 3 is 2.57 bits per heavy atom. The first-order valence-corrected chi connectivity index (χ1v) is 5.39. The summed E-state index contributed by atoms with van der Waals surface area (Å²) < 4.78 is 1.09. The molecule has 0 aromatic heterocycles. The summed E-state index contributed by atoms with van der Waals surface area (Å²) in [5, 5.41) is 11.6. The van der Waals surface area contributed by atoms with Crippen LogP contribution in [0.5, 0.6) is 0 Å². The van der Waals surface area contributed by atoms with E-state index in [1.165, 1.54) is 0 Å². The number of carbonyl (C=O) groups is 1. The SMILES string of the molecule is CC(O)CNC(=O)c1ccc(I)cc1. The first kappa shape index (κ1) is 11.5. The summed E-state index contributed by atoms with van der Waals surface area (Å²) in [5.74, 6) is -0.151. The molecule has 0 aliphatic heterocycles. The Morgan fingerprint density at radius 1 is 1.50 bits per heavy atom. The van der Waals surface area contributed by atoms with E-state index in [4.69, 9.17) is 5.11 Å². The standard InChI is InChI=1S/C10H12INO2/c1-7(13)6-12-10(14)8-2-4-9(11)5-3-8/h2-5,7,13H,6H2,1H3,(H,12,14). The number of benzene rings is 1. The molecule has 0 spiro atoms. The van der Waals surface area contributed by atoms with E-state index in [1.807, 2.05) is 12.1 Å². The van der Waals surface area contributed by atoms with Crippen LogP contribution in [-0.2, 0) is 0 Å². The van der Waals surface area contributed by atoms with Crippen LogP contribution in [0.4, 0.5) is 0 Å². The van der Waals surface area contributed by atoms with Crippen molar-refractivity contribution >= 4 is 28.5 Å². The van der Waals surface area contributed by atoms with E-state index < -0.39 is 6.10 Å². The summed E-state index contributed by atoms with van der Waals surface area (Å²) in [4.78, 5) is 11.4. The van der Waals surface area contributed by atoms with Crippen molar-refractivity contribution in [3.63, 3.8) is 0 Å². The summed E-state index contributed by atoms with van der Waals surface area (Å²) in [5.41, 5.74) is 0.617. The van der Waals surface area contributed by atoms with Gasteiger partial charge in [0.1, 0.15) is 0 Å². The summed E-state index contributed by atoms with van der Waals surface area (Å²) in [6.45, 7) is 1.92. The molecule has 4 heteroatoms. The molecule has 1 aromatic carbocycles. The lowest BCUT2D eigenvalue weighted by Gasteiger charge is -2.06. The van der Waals surface area contributed by atoms with Crippen molar-refractivity contribution in [3.8, 4) is 0 Å². The first-order chi connectivity index (χ1) is 6.59. The number of hydrogen-bond donors (Lipinski definition) is 2. The zero-order valence-corrected chi connectivity index (χ0v) is 9.98. The second-order valence-corrected chi connectivity index (χ2v) is 4.31. The molecule has 0 heterocycles. The predicted molar refractivity (Wildman–Crippen MR) is 63.2 cm³/mol. The maximum atomic E-state index is 11.4. The minimum absolute atomic E-state index is 0.151. The van der Waals surface area contributed by atoms with Crippen molar-refractivity contribution in [3.05, 3.63) is 33.4 Å². The summed E-state index contributed by atoms with van der Waals surface area (Å²) >= 11 is 2.18. The molecule has 1 atom stereocenters. The van der Waals surface area contributed by atoms with Crippen molar-refractivity contribution < 1.29 is 9.90 Å². The van der Waals surface area contributed by atoms with Gasteiger partial charge in [0.05, 0.1) is 6.10 Å². The number of halogens is 1. The van der Waals surface area contributed by atoms with Gasteiger partial charge in [-0.2, -0.15) is 0 Å². The minimum atomic E-state index is -0.511. The molecular weight excluding hydrogens is 293 g/mol. The predicted octanol–water partition coefficient (Wildman–Crippen LogP) is 1.40. The third-order valence-electron chi connectivity index (χ3n) is 1.66. The van der Waals surface area contributed by atoms with Gasteiger partial charge in [0.25, 0.3) is 5.91 Å². The summed E-state index contributed by atoms with van der Waals surface area (Å²) in [7, 11) is 0. The summed E-state index contributed by atoms with van der Waals surface area (Å²) in [6, 6.07) is 7.27. The molecule has 0 fully saturated rings. The van der Waals surface area contributed by atoms with Crippen LogP contribution in [0.3, 0.4) is 0 Å². The van der Waals surface area contributed by atoms with E-state index in [9.17, 15) is 4.79 Å².